The highest BCUT2D eigenvalue weighted by molar-refractivity contribution is 5.89. The summed E-state index contributed by atoms with van der Waals surface area (Å²) in [6, 6.07) is 0.388. The zero-order valence-corrected chi connectivity index (χ0v) is 11.7. The molecule has 1 aliphatic carbocycles. The molecular weight excluding hydrogens is 244 g/mol. The van der Waals surface area contributed by atoms with Crippen LogP contribution >= 0.6 is 0 Å². The first-order valence-corrected chi connectivity index (χ1v) is 7.28. The SMILES string of the molecule is COCCCNC(=O)[C@@H]1CC(=O)N(C2CCCC2)C1. The molecule has 19 heavy (non-hydrogen) atoms. The zero-order chi connectivity index (χ0) is 13.7. The minimum absolute atomic E-state index is 0.0185. The maximum absolute atomic E-state index is 12.0. The van der Waals surface area contributed by atoms with E-state index in [0.717, 1.165) is 19.3 Å². The van der Waals surface area contributed by atoms with Crippen LogP contribution in [-0.4, -0.2) is 49.6 Å². The van der Waals surface area contributed by atoms with Gasteiger partial charge >= 0.3 is 0 Å². The molecule has 1 heterocycles. The Balaban J connectivity index is 1.76. The van der Waals surface area contributed by atoms with Gasteiger partial charge in [0.15, 0.2) is 0 Å². The van der Waals surface area contributed by atoms with Crippen LogP contribution in [0.25, 0.3) is 0 Å². The van der Waals surface area contributed by atoms with Gasteiger partial charge in [-0.15, -0.1) is 0 Å². The van der Waals surface area contributed by atoms with Crippen molar-refractivity contribution in [1.29, 1.82) is 0 Å². The van der Waals surface area contributed by atoms with Gasteiger partial charge in [0.25, 0.3) is 0 Å². The topological polar surface area (TPSA) is 58.6 Å². The first kappa shape index (κ1) is 14.3. The quantitative estimate of drug-likeness (QED) is 0.729. The molecule has 1 atom stereocenters. The van der Waals surface area contributed by atoms with Crippen molar-refractivity contribution in [2.75, 3.05) is 26.8 Å². The Morgan fingerprint density at radius 2 is 2.16 bits per heavy atom. The monoisotopic (exact) mass is 268 g/mol. The summed E-state index contributed by atoms with van der Waals surface area (Å²) in [6.45, 7) is 1.89. The van der Waals surface area contributed by atoms with Crippen LogP contribution in [0.4, 0.5) is 0 Å². The fourth-order valence-corrected chi connectivity index (χ4v) is 3.05. The Morgan fingerprint density at radius 3 is 2.84 bits per heavy atom. The summed E-state index contributed by atoms with van der Waals surface area (Å²) in [7, 11) is 1.65. The van der Waals surface area contributed by atoms with Gasteiger partial charge in [0, 0.05) is 39.3 Å². The summed E-state index contributed by atoms with van der Waals surface area (Å²) >= 11 is 0. The molecule has 5 nitrogen and oxygen atoms in total. The van der Waals surface area contributed by atoms with Gasteiger partial charge in [-0.1, -0.05) is 12.8 Å². The lowest BCUT2D eigenvalue weighted by atomic mass is 10.1. The van der Waals surface area contributed by atoms with Crippen molar-refractivity contribution < 1.29 is 14.3 Å². The molecule has 1 N–H and O–H groups in total. The molecule has 0 radical (unpaired) electrons. The van der Waals surface area contributed by atoms with E-state index in [4.69, 9.17) is 4.74 Å². The number of amides is 2. The lowest BCUT2D eigenvalue weighted by molar-refractivity contribution is -0.130. The molecule has 2 amide bonds. The van der Waals surface area contributed by atoms with Crippen LogP contribution in [0.1, 0.15) is 38.5 Å². The van der Waals surface area contributed by atoms with E-state index in [2.05, 4.69) is 5.32 Å². The van der Waals surface area contributed by atoms with Crippen molar-refractivity contribution >= 4 is 11.8 Å². The standard InChI is InChI=1S/C14H24N2O3/c1-19-8-4-7-15-14(18)11-9-13(17)16(10-11)12-5-2-3-6-12/h11-12H,2-10H2,1H3,(H,15,18)/t11-/m1/s1. The molecule has 108 valence electrons. The normalized spacial score (nSPS) is 24.2. The van der Waals surface area contributed by atoms with Crippen molar-refractivity contribution in [3.05, 3.63) is 0 Å². The fraction of sp³-hybridized carbons (Fsp3) is 0.857. The molecular formula is C14H24N2O3. The number of rotatable bonds is 6. The Bertz CT molecular complexity index is 327. The van der Waals surface area contributed by atoms with E-state index < -0.39 is 0 Å². The van der Waals surface area contributed by atoms with Crippen molar-refractivity contribution in [3.8, 4) is 0 Å². The third-order valence-corrected chi connectivity index (χ3v) is 4.12. The van der Waals surface area contributed by atoms with Crippen LogP contribution in [0, 0.1) is 5.92 Å². The summed E-state index contributed by atoms with van der Waals surface area (Å²) in [5.41, 5.74) is 0. The van der Waals surface area contributed by atoms with E-state index in [0.29, 0.717) is 32.2 Å². The molecule has 2 rings (SSSR count). The second kappa shape index (κ2) is 6.89. The molecule has 0 aromatic rings. The molecule has 0 aromatic heterocycles. The van der Waals surface area contributed by atoms with Crippen LogP contribution in [0.2, 0.25) is 0 Å². The summed E-state index contributed by atoms with van der Waals surface area (Å²) in [5.74, 6) is 0.0181. The molecule has 1 aliphatic heterocycles. The number of nitrogens with one attached hydrogen (secondary N) is 1. The zero-order valence-electron chi connectivity index (χ0n) is 11.7. The van der Waals surface area contributed by atoms with Crippen molar-refractivity contribution in [3.63, 3.8) is 0 Å². The van der Waals surface area contributed by atoms with Crippen molar-refractivity contribution in [2.24, 2.45) is 5.92 Å². The number of ether oxygens (including phenoxy) is 1. The van der Waals surface area contributed by atoms with Gasteiger partial charge < -0.3 is 15.0 Å². The third-order valence-electron chi connectivity index (χ3n) is 4.12. The minimum Gasteiger partial charge on any atom is -0.385 e. The average molecular weight is 268 g/mol. The first-order chi connectivity index (χ1) is 9.22. The van der Waals surface area contributed by atoms with Gasteiger partial charge in [-0.05, 0) is 19.3 Å². The second-order valence-corrected chi connectivity index (χ2v) is 5.52. The first-order valence-electron chi connectivity index (χ1n) is 7.28. The van der Waals surface area contributed by atoms with Crippen LogP contribution in [-0.2, 0) is 14.3 Å². The van der Waals surface area contributed by atoms with Gasteiger partial charge in [0.1, 0.15) is 0 Å². The Hall–Kier alpha value is -1.10. The number of hydrogen-bond acceptors (Lipinski definition) is 3. The molecule has 0 unspecified atom stereocenters. The molecule has 5 heteroatoms. The number of likely N-dealkylation sites (tertiary alicyclic amines) is 1. The molecule has 1 saturated carbocycles. The van der Waals surface area contributed by atoms with Gasteiger partial charge in [-0.3, -0.25) is 9.59 Å². The molecule has 2 aliphatic rings. The van der Waals surface area contributed by atoms with Crippen molar-refractivity contribution in [2.45, 2.75) is 44.6 Å². The summed E-state index contributed by atoms with van der Waals surface area (Å²) in [6.07, 6.45) is 5.83. The van der Waals surface area contributed by atoms with Crippen LogP contribution in [0.5, 0.6) is 0 Å². The van der Waals surface area contributed by atoms with Crippen LogP contribution in [0.15, 0.2) is 0 Å². The lowest BCUT2D eigenvalue weighted by Crippen LogP contribution is -2.37. The molecule has 0 bridgehead atoms. The van der Waals surface area contributed by atoms with E-state index in [1.165, 1.54) is 12.8 Å². The molecule has 2 fully saturated rings. The van der Waals surface area contributed by atoms with Crippen molar-refractivity contribution in [1.82, 2.24) is 10.2 Å². The van der Waals surface area contributed by atoms with Gasteiger partial charge in [-0.2, -0.15) is 0 Å². The van der Waals surface area contributed by atoms with Crippen LogP contribution in [0.3, 0.4) is 0 Å². The number of carbonyl (C=O) groups is 2. The number of carbonyl (C=O) groups excluding carboxylic acids is 2. The highest BCUT2D eigenvalue weighted by atomic mass is 16.5. The summed E-state index contributed by atoms with van der Waals surface area (Å²) in [4.78, 5) is 25.9. The van der Waals surface area contributed by atoms with E-state index in [1.54, 1.807) is 7.11 Å². The van der Waals surface area contributed by atoms with E-state index in [-0.39, 0.29) is 17.7 Å². The van der Waals surface area contributed by atoms with E-state index in [9.17, 15) is 9.59 Å². The summed E-state index contributed by atoms with van der Waals surface area (Å²) < 4.78 is 4.94. The largest absolute Gasteiger partial charge is 0.385 e. The summed E-state index contributed by atoms with van der Waals surface area (Å²) in [5, 5.41) is 2.89. The molecule has 0 spiro atoms. The van der Waals surface area contributed by atoms with Gasteiger partial charge in [0.05, 0.1) is 5.92 Å². The fourth-order valence-electron chi connectivity index (χ4n) is 3.05. The van der Waals surface area contributed by atoms with Gasteiger partial charge in [0.2, 0.25) is 11.8 Å². The third kappa shape index (κ3) is 3.69. The van der Waals surface area contributed by atoms with Gasteiger partial charge in [-0.25, -0.2) is 0 Å². The molecule has 0 aromatic carbocycles. The maximum atomic E-state index is 12.0. The Kier molecular flexibility index (Phi) is 5.19. The average Bonchev–Trinajstić information content (AvgIpc) is 3.03. The highest BCUT2D eigenvalue weighted by Crippen LogP contribution is 2.29. The van der Waals surface area contributed by atoms with E-state index >= 15 is 0 Å². The Morgan fingerprint density at radius 1 is 1.42 bits per heavy atom. The smallest absolute Gasteiger partial charge is 0.225 e. The van der Waals surface area contributed by atoms with E-state index in [1.807, 2.05) is 4.90 Å². The number of nitrogens with zero attached hydrogens (tertiary/aromatic N) is 1. The van der Waals surface area contributed by atoms with Crippen LogP contribution < -0.4 is 5.32 Å². The second-order valence-electron chi connectivity index (χ2n) is 5.52. The molecule has 1 saturated heterocycles. The number of methoxy groups -OCH3 is 1. The predicted octanol–water partition coefficient (Wildman–Crippen LogP) is 0.930. The number of hydrogen-bond donors (Lipinski definition) is 1. The Labute approximate surface area is 114 Å². The minimum atomic E-state index is -0.157. The highest BCUT2D eigenvalue weighted by Gasteiger charge is 2.38. The maximum Gasteiger partial charge on any atom is 0.225 e. The lowest BCUT2D eigenvalue weighted by Gasteiger charge is -2.23. The predicted molar refractivity (Wildman–Crippen MR) is 71.6 cm³/mol.